The molecule has 1 aromatic rings. The zero-order valence-electron chi connectivity index (χ0n) is 9.64. The van der Waals surface area contributed by atoms with E-state index in [1.165, 1.54) is 6.20 Å². The molecule has 1 aliphatic heterocycles. The van der Waals surface area contributed by atoms with Crippen LogP contribution >= 0.6 is 0 Å². The Bertz CT molecular complexity index is 500. The van der Waals surface area contributed by atoms with Gasteiger partial charge in [-0.1, -0.05) is 17.8 Å². The van der Waals surface area contributed by atoms with Gasteiger partial charge in [-0.3, -0.25) is 14.5 Å². The molecular weight excluding hydrogens is 307 g/mol. The standard InChI is InChI=1S/C12H10N3O2.Y/c13-9-3-4-10(14-8-9)2-1-7-15-11(16)5-6-12(15)17;/h4,8H,5-7,13H2;/q-1;. The summed E-state index contributed by atoms with van der Waals surface area (Å²) < 4.78 is 0. The molecule has 1 fully saturated rings. The Labute approximate surface area is 130 Å². The van der Waals surface area contributed by atoms with Crippen LogP contribution in [0.5, 0.6) is 0 Å². The monoisotopic (exact) mass is 317 g/mol. The van der Waals surface area contributed by atoms with Gasteiger partial charge in [-0.2, -0.15) is 6.07 Å². The zero-order chi connectivity index (χ0) is 12.3. The Morgan fingerprint density at radius 2 is 2.06 bits per heavy atom. The molecule has 0 unspecified atom stereocenters. The van der Waals surface area contributed by atoms with Crippen molar-refractivity contribution in [2.75, 3.05) is 12.3 Å². The first-order valence-electron chi connectivity index (χ1n) is 5.12. The fourth-order valence-electron chi connectivity index (χ4n) is 1.44. The van der Waals surface area contributed by atoms with E-state index >= 15 is 0 Å². The van der Waals surface area contributed by atoms with Gasteiger partial charge in [0.05, 0.1) is 6.54 Å². The second kappa shape index (κ2) is 6.62. The smallest absolute Gasteiger partial charge is 0.230 e. The van der Waals surface area contributed by atoms with Gasteiger partial charge < -0.3 is 10.7 Å². The van der Waals surface area contributed by atoms with Crippen LogP contribution in [0, 0.1) is 17.9 Å². The molecule has 0 atom stereocenters. The summed E-state index contributed by atoms with van der Waals surface area (Å²) in [6, 6.07) is 4.33. The van der Waals surface area contributed by atoms with Crippen molar-refractivity contribution in [1.29, 1.82) is 0 Å². The van der Waals surface area contributed by atoms with E-state index in [0.29, 0.717) is 11.4 Å². The van der Waals surface area contributed by atoms with E-state index in [9.17, 15) is 9.59 Å². The minimum Gasteiger partial charge on any atom is -0.418 e. The van der Waals surface area contributed by atoms with Gasteiger partial charge in [-0.05, 0) is 5.69 Å². The largest absolute Gasteiger partial charge is 0.418 e. The van der Waals surface area contributed by atoms with Gasteiger partial charge in [0, 0.05) is 45.6 Å². The van der Waals surface area contributed by atoms with Crippen molar-refractivity contribution in [3.8, 4) is 11.8 Å². The van der Waals surface area contributed by atoms with E-state index < -0.39 is 0 Å². The Balaban J connectivity index is 0.00000162. The molecule has 1 aliphatic rings. The van der Waals surface area contributed by atoms with Gasteiger partial charge in [-0.15, -0.1) is 12.0 Å². The SMILES string of the molecule is Nc1[c-]cc(C#CCN2C(=O)CCC2=O)nc1.[Y]. The molecule has 2 amide bonds. The van der Waals surface area contributed by atoms with Crippen molar-refractivity contribution in [2.24, 2.45) is 0 Å². The Morgan fingerprint density at radius 1 is 1.39 bits per heavy atom. The van der Waals surface area contributed by atoms with Crippen LogP contribution in [0.1, 0.15) is 18.5 Å². The van der Waals surface area contributed by atoms with Crippen molar-refractivity contribution in [3.05, 3.63) is 24.0 Å². The molecule has 5 nitrogen and oxygen atoms in total. The minimum atomic E-state index is -0.166. The molecule has 2 heterocycles. The number of nitrogens with two attached hydrogens (primary N) is 1. The third kappa shape index (κ3) is 3.62. The summed E-state index contributed by atoms with van der Waals surface area (Å²) in [4.78, 5) is 27.7. The molecule has 2 rings (SSSR count). The summed E-state index contributed by atoms with van der Waals surface area (Å²) in [5.74, 6) is 5.15. The first-order chi connectivity index (χ1) is 8.16. The maximum atomic E-state index is 11.3. The number of carbonyl (C=O) groups excluding carboxylic acids is 2. The fourth-order valence-corrected chi connectivity index (χ4v) is 1.44. The average Bonchev–Trinajstić information content (AvgIpc) is 2.63. The molecule has 1 aromatic heterocycles. The molecule has 18 heavy (non-hydrogen) atoms. The van der Waals surface area contributed by atoms with E-state index in [2.05, 4.69) is 22.9 Å². The first kappa shape index (κ1) is 14.8. The van der Waals surface area contributed by atoms with Crippen molar-refractivity contribution in [3.63, 3.8) is 0 Å². The third-order valence-electron chi connectivity index (χ3n) is 2.33. The van der Waals surface area contributed by atoms with E-state index in [1.54, 1.807) is 6.07 Å². The van der Waals surface area contributed by atoms with Gasteiger partial charge in [-0.25, -0.2) is 0 Å². The molecule has 6 heteroatoms. The predicted octanol–water partition coefficient (Wildman–Crippen LogP) is -0.0380. The van der Waals surface area contributed by atoms with Gasteiger partial charge in [0.15, 0.2) is 0 Å². The van der Waals surface area contributed by atoms with E-state index in [1.807, 2.05) is 0 Å². The number of pyridine rings is 1. The fraction of sp³-hybridized carbons (Fsp3) is 0.250. The molecule has 89 valence electrons. The molecule has 1 saturated heterocycles. The van der Waals surface area contributed by atoms with E-state index in [4.69, 9.17) is 5.73 Å². The number of rotatable bonds is 1. The first-order valence-corrected chi connectivity index (χ1v) is 5.12. The van der Waals surface area contributed by atoms with E-state index in [-0.39, 0.29) is 63.9 Å². The van der Waals surface area contributed by atoms with Gasteiger partial charge in [0.1, 0.15) is 0 Å². The maximum absolute atomic E-state index is 11.3. The summed E-state index contributed by atoms with van der Waals surface area (Å²) in [5.41, 5.74) is 6.38. The third-order valence-corrected chi connectivity index (χ3v) is 2.33. The normalized spacial score (nSPS) is 13.9. The van der Waals surface area contributed by atoms with Crippen LogP contribution < -0.4 is 5.73 Å². The van der Waals surface area contributed by atoms with Crippen LogP contribution in [0.25, 0.3) is 0 Å². The molecule has 0 bridgehead atoms. The Kier molecular flexibility index (Phi) is 5.45. The van der Waals surface area contributed by atoms with Crippen LogP contribution in [-0.4, -0.2) is 28.2 Å². The summed E-state index contributed by atoms with van der Waals surface area (Å²) in [6.07, 6.45) is 2.03. The number of hydrogen-bond acceptors (Lipinski definition) is 4. The van der Waals surface area contributed by atoms with Crippen molar-refractivity contribution >= 4 is 17.5 Å². The quantitative estimate of drug-likeness (QED) is 0.448. The summed E-state index contributed by atoms with van der Waals surface area (Å²) in [7, 11) is 0. The number of aromatic nitrogens is 1. The number of likely N-dealkylation sites (tertiary alicyclic amines) is 1. The molecule has 2 N–H and O–H groups in total. The molecular formula is C12H10N3O2Y-. The van der Waals surface area contributed by atoms with Crippen LogP contribution in [0.4, 0.5) is 5.69 Å². The zero-order valence-corrected chi connectivity index (χ0v) is 12.5. The van der Waals surface area contributed by atoms with E-state index in [0.717, 1.165) is 4.90 Å². The molecule has 0 saturated carbocycles. The minimum absolute atomic E-state index is 0. The number of imide groups is 1. The van der Waals surface area contributed by atoms with Crippen LogP contribution in [0.3, 0.4) is 0 Å². The number of hydrogen-bond donors (Lipinski definition) is 1. The number of nitrogens with zero attached hydrogens (tertiary/aromatic N) is 2. The van der Waals surface area contributed by atoms with Crippen molar-refractivity contribution in [2.45, 2.75) is 12.8 Å². The second-order valence-electron chi connectivity index (χ2n) is 3.56. The van der Waals surface area contributed by atoms with Gasteiger partial charge >= 0.3 is 0 Å². The Morgan fingerprint density at radius 3 is 2.61 bits per heavy atom. The number of carbonyl (C=O) groups is 2. The number of amides is 2. The topological polar surface area (TPSA) is 76.3 Å². The van der Waals surface area contributed by atoms with Gasteiger partial charge in [0.25, 0.3) is 0 Å². The average molecular weight is 317 g/mol. The van der Waals surface area contributed by atoms with Crippen molar-refractivity contribution in [1.82, 2.24) is 9.88 Å². The molecule has 0 aliphatic carbocycles. The Hall–Kier alpha value is -1.25. The predicted molar refractivity (Wildman–Crippen MR) is 60.3 cm³/mol. The molecule has 0 spiro atoms. The number of anilines is 1. The second-order valence-corrected chi connectivity index (χ2v) is 3.56. The summed E-state index contributed by atoms with van der Waals surface area (Å²) >= 11 is 0. The number of nitrogen functional groups attached to an aromatic ring is 1. The van der Waals surface area contributed by atoms with Crippen LogP contribution in [0.2, 0.25) is 0 Å². The summed E-state index contributed by atoms with van der Waals surface area (Å²) in [6.45, 7) is 0.115. The van der Waals surface area contributed by atoms with Gasteiger partial charge in [0.2, 0.25) is 11.8 Å². The van der Waals surface area contributed by atoms with Crippen molar-refractivity contribution < 1.29 is 42.3 Å². The van der Waals surface area contributed by atoms with Crippen LogP contribution in [-0.2, 0) is 42.3 Å². The summed E-state index contributed by atoms with van der Waals surface area (Å²) in [5, 5.41) is 0. The maximum Gasteiger partial charge on any atom is 0.230 e. The van der Waals surface area contributed by atoms with Crippen LogP contribution in [0.15, 0.2) is 12.3 Å². The molecule has 1 radical (unpaired) electrons. The molecule has 0 aromatic carbocycles.